The molecule has 0 aliphatic carbocycles. The Morgan fingerprint density at radius 2 is 1.85 bits per heavy atom. The Bertz CT molecular complexity index is 558. The quantitative estimate of drug-likeness (QED) is 0.819. The molecule has 1 aromatic carbocycles. The smallest absolute Gasteiger partial charge is 0.203 e. The van der Waals surface area contributed by atoms with Gasteiger partial charge in [0.25, 0.3) is 0 Å². The second-order valence-corrected chi connectivity index (χ2v) is 5.04. The zero-order chi connectivity index (χ0) is 14.5. The predicted molar refractivity (Wildman–Crippen MR) is 80.3 cm³/mol. The van der Waals surface area contributed by atoms with Gasteiger partial charge in [-0.1, -0.05) is 0 Å². The lowest BCUT2D eigenvalue weighted by Crippen LogP contribution is -2.16. The maximum atomic E-state index is 5.48. The van der Waals surface area contributed by atoms with Gasteiger partial charge in [0.05, 0.1) is 21.3 Å². The summed E-state index contributed by atoms with van der Waals surface area (Å²) < 4.78 is 16.2. The van der Waals surface area contributed by atoms with Gasteiger partial charge in [-0.3, -0.25) is 0 Å². The van der Waals surface area contributed by atoms with E-state index in [-0.39, 0.29) is 0 Å². The molecule has 5 nitrogen and oxygen atoms in total. The van der Waals surface area contributed by atoms with Crippen molar-refractivity contribution in [1.29, 1.82) is 0 Å². The van der Waals surface area contributed by atoms with Crippen LogP contribution < -0.4 is 19.1 Å². The number of hydrogen-bond donors (Lipinski definition) is 0. The number of rotatable bonds is 6. The number of hydrogen-bond acceptors (Lipinski definition) is 6. The Hall–Kier alpha value is -1.95. The third-order valence-corrected chi connectivity index (χ3v) is 3.82. The van der Waals surface area contributed by atoms with Gasteiger partial charge in [-0.05, 0) is 12.1 Å². The fourth-order valence-electron chi connectivity index (χ4n) is 2.02. The average Bonchev–Trinajstić information content (AvgIpc) is 3.00. The highest BCUT2D eigenvalue weighted by Gasteiger charge is 2.17. The second kappa shape index (κ2) is 6.47. The van der Waals surface area contributed by atoms with Crippen molar-refractivity contribution in [2.45, 2.75) is 6.54 Å². The summed E-state index contributed by atoms with van der Waals surface area (Å²) in [5.41, 5.74) is 1.02. The molecule has 0 aliphatic rings. The summed E-state index contributed by atoms with van der Waals surface area (Å²) >= 11 is 1.60. The normalized spacial score (nSPS) is 10.2. The van der Waals surface area contributed by atoms with Crippen LogP contribution in [0.15, 0.2) is 23.7 Å². The minimum Gasteiger partial charge on any atom is -0.493 e. The minimum absolute atomic E-state index is 0.611. The van der Waals surface area contributed by atoms with Crippen molar-refractivity contribution in [3.63, 3.8) is 0 Å². The summed E-state index contributed by atoms with van der Waals surface area (Å²) in [6.45, 7) is 0.678. The summed E-state index contributed by atoms with van der Waals surface area (Å²) in [7, 11) is 6.84. The van der Waals surface area contributed by atoms with Crippen molar-refractivity contribution in [3.05, 3.63) is 29.3 Å². The zero-order valence-electron chi connectivity index (χ0n) is 12.0. The Balaban J connectivity index is 2.32. The van der Waals surface area contributed by atoms with E-state index in [4.69, 9.17) is 14.2 Å². The average molecular weight is 294 g/mol. The topological polar surface area (TPSA) is 43.8 Å². The Labute approximate surface area is 122 Å². The molecule has 0 unspecified atom stereocenters. The van der Waals surface area contributed by atoms with Crippen LogP contribution in [0.4, 0.5) is 5.13 Å². The molecule has 1 aromatic heterocycles. The molecule has 0 spiro atoms. The van der Waals surface area contributed by atoms with Crippen LogP contribution in [0.5, 0.6) is 17.2 Å². The standard InChI is InChI=1S/C14H18N2O3S/c1-16(14-15-7-8-20-14)9-10-5-6-11(17-2)13(19-4)12(10)18-3/h5-8H,9H2,1-4H3. The Morgan fingerprint density at radius 3 is 2.40 bits per heavy atom. The highest BCUT2D eigenvalue weighted by molar-refractivity contribution is 7.13. The van der Waals surface area contributed by atoms with Crippen LogP contribution in [0.1, 0.15) is 5.56 Å². The summed E-state index contributed by atoms with van der Waals surface area (Å²) in [4.78, 5) is 6.36. The molecule has 0 N–H and O–H groups in total. The lowest BCUT2D eigenvalue weighted by molar-refractivity contribution is 0.322. The monoisotopic (exact) mass is 294 g/mol. The first-order valence-electron chi connectivity index (χ1n) is 6.09. The molecular formula is C14H18N2O3S. The molecule has 108 valence electrons. The summed E-state index contributed by atoms with van der Waals surface area (Å²) in [6.07, 6.45) is 1.79. The van der Waals surface area contributed by atoms with E-state index in [1.165, 1.54) is 0 Å². The van der Waals surface area contributed by atoms with Gasteiger partial charge in [0.1, 0.15) is 0 Å². The summed E-state index contributed by atoms with van der Waals surface area (Å²) in [5.74, 6) is 1.96. The lowest BCUT2D eigenvalue weighted by atomic mass is 10.1. The van der Waals surface area contributed by atoms with Crippen molar-refractivity contribution < 1.29 is 14.2 Å². The zero-order valence-corrected chi connectivity index (χ0v) is 12.9. The van der Waals surface area contributed by atoms with Gasteiger partial charge >= 0.3 is 0 Å². The molecule has 0 amide bonds. The number of thiazole rings is 1. The number of methoxy groups -OCH3 is 3. The van der Waals surface area contributed by atoms with Gasteiger partial charge in [-0.2, -0.15) is 0 Å². The largest absolute Gasteiger partial charge is 0.493 e. The number of ether oxygens (including phenoxy) is 3. The highest BCUT2D eigenvalue weighted by atomic mass is 32.1. The van der Waals surface area contributed by atoms with E-state index in [1.54, 1.807) is 38.9 Å². The summed E-state index contributed by atoms with van der Waals surface area (Å²) in [5, 5.41) is 2.92. The molecule has 20 heavy (non-hydrogen) atoms. The highest BCUT2D eigenvalue weighted by Crippen LogP contribution is 2.40. The number of anilines is 1. The summed E-state index contributed by atoms with van der Waals surface area (Å²) in [6, 6.07) is 3.86. The molecule has 0 fully saturated rings. The third-order valence-electron chi connectivity index (χ3n) is 2.94. The van der Waals surface area contributed by atoms with Gasteiger partial charge in [-0.15, -0.1) is 11.3 Å². The molecule has 6 heteroatoms. The maximum absolute atomic E-state index is 5.48. The molecule has 0 bridgehead atoms. The van der Waals surface area contributed by atoms with Crippen LogP contribution in [-0.2, 0) is 6.54 Å². The molecule has 0 aliphatic heterocycles. The van der Waals surface area contributed by atoms with Crippen LogP contribution in [-0.4, -0.2) is 33.4 Å². The first-order valence-corrected chi connectivity index (χ1v) is 6.97. The molecule has 0 atom stereocenters. The minimum atomic E-state index is 0.611. The van der Waals surface area contributed by atoms with Crippen LogP contribution in [0.2, 0.25) is 0 Å². The maximum Gasteiger partial charge on any atom is 0.203 e. The predicted octanol–water partition coefficient (Wildman–Crippen LogP) is 2.81. The first kappa shape index (κ1) is 14.5. The van der Waals surface area contributed by atoms with Crippen LogP contribution in [0.25, 0.3) is 0 Å². The van der Waals surface area contributed by atoms with Gasteiger partial charge < -0.3 is 19.1 Å². The van der Waals surface area contributed by atoms with Crippen molar-refractivity contribution in [2.24, 2.45) is 0 Å². The van der Waals surface area contributed by atoms with E-state index in [9.17, 15) is 0 Å². The molecular weight excluding hydrogens is 276 g/mol. The lowest BCUT2D eigenvalue weighted by Gasteiger charge is -2.20. The molecule has 1 heterocycles. The first-order chi connectivity index (χ1) is 9.71. The molecule has 2 rings (SSSR count). The van der Waals surface area contributed by atoms with Gasteiger partial charge in [0.15, 0.2) is 16.6 Å². The number of aromatic nitrogens is 1. The van der Waals surface area contributed by atoms with Crippen LogP contribution in [0.3, 0.4) is 0 Å². The Kier molecular flexibility index (Phi) is 4.68. The van der Waals surface area contributed by atoms with Gasteiger partial charge in [0.2, 0.25) is 5.75 Å². The van der Waals surface area contributed by atoms with E-state index in [1.807, 2.05) is 24.6 Å². The van der Waals surface area contributed by atoms with E-state index in [2.05, 4.69) is 9.88 Å². The molecule has 0 saturated heterocycles. The number of nitrogens with zero attached hydrogens (tertiary/aromatic N) is 2. The van der Waals surface area contributed by atoms with Crippen LogP contribution >= 0.6 is 11.3 Å². The van der Waals surface area contributed by atoms with Gasteiger partial charge in [-0.25, -0.2) is 4.98 Å². The molecule has 0 radical (unpaired) electrons. The SMILES string of the molecule is COc1ccc(CN(C)c2nccs2)c(OC)c1OC. The van der Waals surface area contributed by atoms with Crippen molar-refractivity contribution in [1.82, 2.24) is 4.98 Å². The fourth-order valence-corrected chi connectivity index (χ4v) is 2.62. The second-order valence-electron chi connectivity index (χ2n) is 4.16. The van der Waals surface area contributed by atoms with E-state index in [0.29, 0.717) is 23.8 Å². The third kappa shape index (κ3) is 2.80. The van der Waals surface area contributed by atoms with Gasteiger partial charge in [0, 0.05) is 30.7 Å². The van der Waals surface area contributed by atoms with Crippen molar-refractivity contribution in [2.75, 3.05) is 33.3 Å². The van der Waals surface area contributed by atoms with Crippen molar-refractivity contribution in [3.8, 4) is 17.2 Å². The molecule has 0 saturated carbocycles. The van der Waals surface area contributed by atoms with E-state index in [0.717, 1.165) is 10.7 Å². The molecule has 2 aromatic rings. The fraction of sp³-hybridized carbons (Fsp3) is 0.357. The number of benzene rings is 1. The van der Waals surface area contributed by atoms with E-state index >= 15 is 0 Å². The Morgan fingerprint density at radius 1 is 1.10 bits per heavy atom. The van der Waals surface area contributed by atoms with Crippen LogP contribution in [0, 0.1) is 0 Å². The van der Waals surface area contributed by atoms with Crippen molar-refractivity contribution >= 4 is 16.5 Å². The van der Waals surface area contributed by atoms with E-state index < -0.39 is 0 Å².